The van der Waals surface area contributed by atoms with Crippen LogP contribution in [0, 0.1) is 6.92 Å². The summed E-state index contributed by atoms with van der Waals surface area (Å²) in [6.45, 7) is 2.35. The Labute approximate surface area is 167 Å². The Bertz CT molecular complexity index is 1090. The van der Waals surface area contributed by atoms with E-state index in [1.807, 2.05) is 78.5 Å². The van der Waals surface area contributed by atoms with Gasteiger partial charge >= 0.3 is 0 Å². The van der Waals surface area contributed by atoms with E-state index in [2.05, 4.69) is 4.98 Å². The molecule has 0 aliphatic heterocycles. The van der Waals surface area contributed by atoms with Crippen molar-refractivity contribution in [1.29, 1.82) is 0 Å². The standard InChI is InChI=1S/C22H20N4OS/c1-16-23-20(15-28-16)22(27)25(2)13-18-14-26(19-11-7-4-8-12-19)24-21(18)17-9-5-3-6-10-17/h3-12,14-15H,13H2,1-2H3. The number of aryl methyl sites for hydroxylation is 1. The highest BCUT2D eigenvalue weighted by atomic mass is 32.1. The van der Waals surface area contributed by atoms with E-state index in [4.69, 9.17) is 5.10 Å². The van der Waals surface area contributed by atoms with E-state index in [0.29, 0.717) is 12.2 Å². The summed E-state index contributed by atoms with van der Waals surface area (Å²) in [5, 5.41) is 7.50. The average molecular weight is 388 g/mol. The van der Waals surface area contributed by atoms with E-state index in [9.17, 15) is 4.79 Å². The molecule has 0 atom stereocenters. The van der Waals surface area contributed by atoms with Crippen molar-refractivity contribution in [3.63, 3.8) is 0 Å². The Kier molecular flexibility index (Phi) is 5.04. The molecule has 0 unspecified atom stereocenters. The summed E-state index contributed by atoms with van der Waals surface area (Å²) in [6.07, 6.45) is 1.99. The smallest absolute Gasteiger partial charge is 0.273 e. The Morgan fingerprint density at radius 1 is 1.07 bits per heavy atom. The summed E-state index contributed by atoms with van der Waals surface area (Å²) < 4.78 is 1.86. The van der Waals surface area contributed by atoms with Crippen molar-refractivity contribution in [3.05, 3.63) is 88.5 Å². The number of hydrogen-bond donors (Lipinski definition) is 0. The summed E-state index contributed by atoms with van der Waals surface area (Å²) in [5.41, 5.74) is 4.35. The van der Waals surface area contributed by atoms with Crippen LogP contribution >= 0.6 is 11.3 Å². The minimum Gasteiger partial charge on any atom is -0.336 e. The second-order valence-corrected chi connectivity index (χ2v) is 7.62. The lowest BCUT2D eigenvalue weighted by Gasteiger charge is -2.15. The van der Waals surface area contributed by atoms with E-state index < -0.39 is 0 Å². The van der Waals surface area contributed by atoms with Crippen molar-refractivity contribution in [2.45, 2.75) is 13.5 Å². The van der Waals surface area contributed by atoms with Crippen molar-refractivity contribution in [1.82, 2.24) is 19.7 Å². The number of carbonyl (C=O) groups excluding carboxylic acids is 1. The molecule has 1 amide bonds. The Balaban J connectivity index is 1.68. The van der Waals surface area contributed by atoms with Gasteiger partial charge in [-0.1, -0.05) is 48.5 Å². The number of para-hydroxylation sites is 1. The molecule has 4 aromatic rings. The molecule has 2 heterocycles. The minimum absolute atomic E-state index is 0.0872. The molecule has 2 aromatic carbocycles. The van der Waals surface area contributed by atoms with Crippen molar-refractivity contribution in [2.24, 2.45) is 0 Å². The predicted octanol–water partition coefficient (Wildman–Crippen LogP) is 4.58. The van der Waals surface area contributed by atoms with Crippen molar-refractivity contribution < 1.29 is 4.79 Å². The largest absolute Gasteiger partial charge is 0.336 e. The first kappa shape index (κ1) is 18.1. The molecule has 4 rings (SSSR count). The Morgan fingerprint density at radius 2 is 1.75 bits per heavy atom. The van der Waals surface area contributed by atoms with Gasteiger partial charge in [-0.3, -0.25) is 4.79 Å². The van der Waals surface area contributed by atoms with Crippen LogP contribution in [-0.2, 0) is 6.54 Å². The van der Waals surface area contributed by atoms with Crippen molar-refractivity contribution in [2.75, 3.05) is 7.05 Å². The lowest BCUT2D eigenvalue weighted by atomic mass is 10.1. The van der Waals surface area contributed by atoms with Crippen LogP contribution < -0.4 is 0 Å². The highest BCUT2D eigenvalue weighted by Crippen LogP contribution is 2.25. The van der Waals surface area contributed by atoms with Crippen LogP contribution in [0.15, 0.2) is 72.2 Å². The Morgan fingerprint density at radius 3 is 2.39 bits per heavy atom. The first-order chi connectivity index (χ1) is 13.6. The molecule has 2 aromatic heterocycles. The van der Waals surface area contributed by atoms with E-state index >= 15 is 0 Å². The summed E-state index contributed by atoms with van der Waals surface area (Å²) >= 11 is 1.48. The summed E-state index contributed by atoms with van der Waals surface area (Å²) in [4.78, 5) is 18.7. The third kappa shape index (κ3) is 3.73. The maximum absolute atomic E-state index is 12.7. The fraction of sp³-hybridized carbons (Fsp3) is 0.136. The van der Waals surface area contributed by atoms with Crippen LogP contribution in [0.3, 0.4) is 0 Å². The minimum atomic E-state index is -0.0872. The number of benzene rings is 2. The Hall–Kier alpha value is -3.25. The molecule has 140 valence electrons. The van der Waals surface area contributed by atoms with Crippen LogP contribution in [-0.4, -0.2) is 32.6 Å². The molecule has 0 N–H and O–H groups in total. The van der Waals surface area contributed by atoms with Gasteiger partial charge in [0, 0.05) is 36.3 Å². The number of rotatable bonds is 5. The van der Waals surface area contributed by atoms with Gasteiger partial charge in [0.25, 0.3) is 5.91 Å². The zero-order valence-electron chi connectivity index (χ0n) is 15.7. The number of amides is 1. The fourth-order valence-electron chi connectivity index (χ4n) is 3.06. The number of aromatic nitrogens is 3. The van der Waals surface area contributed by atoms with Gasteiger partial charge in [-0.25, -0.2) is 9.67 Å². The first-order valence-electron chi connectivity index (χ1n) is 8.99. The average Bonchev–Trinajstić information content (AvgIpc) is 3.35. The third-order valence-corrected chi connectivity index (χ3v) is 5.22. The van der Waals surface area contributed by atoms with Crippen LogP contribution in [0.25, 0.3) is 16.9 Å². The predicted molar refractivity (Wildman–Crippen MR) is 112 cm³/mol. The molecular formula is C22H20N4OS. The second-order valence-electron chi connectivity index (χ2n) is 6.56. The molecular weight excluding hydrogens is 368 g/mol. The number of thiazole rings is 1. The molecule has 0 aliphatic rings. The molecule has 28 heavy (non-hydrogen) atoms. The molecule has 5 nitrogen and oxygen atoms in total. The van der Waals surface area contributed by atoms with Gasteiger partial charge in [0.2, 0.25) is 0 Å². The van der Waals surface area contributed by atoms with Gasteiger partial charge in [-0.2, -0.15) is 5.10 Å². The van der Waals surface area contributed by atoms with Gasteiger partial charge in [0.15, 0.2) is 0 Å². The monoisotopic (exact) mass is 388 g/mol. The van der Waals surface area contributed by atoms with Crippen LogP contribution in [0.4, 0.5) is 0 Å². The molecule has 0 saturated carbocycles. The van der Waals surface area contributed by atoms with E-state index in [0.717, 1.165) is 27.5 Å². The fourth-order valence-corrected chi connectivity index (χ4v) is 3.65. The SMILES string of the molecule is Cc1nc(C(=O)N(C)Cc2cn(-c3ccccc3)nc2-c2ccccc2)cs1. The van der Waals surface area contributed by atoms with Gasteiger partial charge in [-0.15, -0.1) is 11.3 Å². The van der Waals surface area contributed by atoms with Crippen LogP contribution in [0.1, 0.15) is 21.1 Å². The second kappa shape index (κ2) is 7.78. The van der Waals surface area contributed by atoms with Crippen molar-refractivity contribution in [3.8, 4) is 16.9 Å². The summed E-state index contributed by atoms with van der Waals surface area (Å²) in [6, 6.07) is 20.0. The molecule has 0 aliphatic carbocycles. The molecule has 0 saturated heterocycles. The summed E-state index contributed by atoms with van der Waals surface area (Å²) in [7, 11) is 1.80. The molecule has 0 fully saturated rings. The van der Waals surface area contributed by atoms with E-state index in [1.165, 1.54) is 11.3 Å². The van der Waals surface area contributed by atoms with E-state index in [-0.39, 0.29) is 5.91 Å². The van der Waals surface area contributed by atoms with Gasteiger partial charge in [0.1, 0.15) is 5.69 Å². The van der Waals surface area contributed by atoms with Crippen LogP contribution in [0.2, 0.25) is 0 Å². The summed E-state index contributed by atoms with van der Waals surface area (Å²) in [5.74, 6) is -0.0872. The maximum atomic E-state index is 12.7. The van der Waals surface area contributed by atoms with Crippen molar-refractivity contribution >= 4 is 17.2 Å². The maximum Gasteiger partial charge on any atom is 0.273 e. The lowest BCUT2D eigenvalue weighted by Crippen LogP contribution is -2.26. The molecule has 6 heteroatoms. The topological polar surface area (TPSA) is 51.0 Å². The first-order valence-corrected chi connectivity index (χ1v) is 9.87. The van der Waals surface area contributed by atoms with E-state index in [1.54, 1.807) is 17.3 Å². The van der Waals surface area contributed by atoms with Crippen LogP contribution in [0.5, 0.6) is 0 Å². The number of nitrogens with zero attached hydrogens (tertiary/aromatic N) is 4. The normalized spacial score (nSPS) is 10.8. The highest BCUT2D eigenvalue weighted by Gasteiger charge is 2.19. The lowest BCUT2D eigenvalue weighted by molar-refractivity contribution is 0.0780. The van der Waals surface area contributed by atoms with Gasteiger partial charge in [0.05, 0.1) is 16.4 Å². The zero-order chi connectivity index (χ0) is 19.5. The highest BCUT2D eigenvalue weighted by molar-refractivity contribution is 7.09. The quantitative estimate of drug-likeness (QED) is 0.503. The van der Waals surface area contributed by atoms with Gasteiger partial charge in [-0.05, 0) is 19.1 Å². The number of carbonyl (C=O) groups is 1. The molecule has 0 spiro atoms. The van der Waals surface area contributed by atoms with Gasteiger partial charge < -0.3 is 4.90 Å². The zero-order valence-corrected chi connectivity index (χ0v) is 16.6. The molecule has 0 radical (unpaired) electrons. The third-order valence-electron chi connectivity index (χ3n) is 4.45. The number of hydrogen-bond acceptors (Lipinski definition) is 4. The molecule has 0 bridgehead atoms.